The Morgan fingerprint density at radius 1 is 1.03 bits per heavy atom. The van der Waals surface area contributed by atoms with Crippen LogP contribution in [0.1, 0.15) is 15.9 Å². The molecule has 0 spiro atoms. The van der Waals surface area contributed by atoms with Crippen molar-refractivity contribution in [2.75, 3.05) is 24.6 Å². The molecule has 0 aliphatic carbocycles. The van der Waals surface area contributed by atoms with Crippen molar-refractivity contribution in [2.45, 2.75) is 4.90 Å². The number of carbonyl (C=O) groups excluding carboxylic acids is 2. The lowest BCUT2D eigenvalue weighted by Gasteiger charge is -2.30. The van der Waals surface area contributed by atoms with Crippen LogP contribution in [0.2, 0.25) is 0 Å². The molecule has 2 amide bonds. The van der Waals surface area contributed by atoms with Gasteiger partial charge in [0.15, 0.2) is 0 Å². The molecule has 3 aromatic rings. The molecule has 0 radical (unpaired) electrons. The highest BCUT2D eigenvalue weighted by Gasteiger charge is 2.25. The summed E-state index contributed by atoms with van der Waals surface area (Å²) in [6, 6.07) is 17.6. The van der Waals surface area contributed by atoms with Crippen LogP contribution >= 0.6 is 0 Å². The normalized spacial score (nSPS) is 12.9. The largest absolute Gasteiger partial charge is 0.490 e. The lowest BCUT2D eigenvalue weighted by Crippen LogP contribution is -2.44. The van der Waals surface area contributed by atoms with E-state index in [2.05, 4.69) is 5.32 Å². The number of primary sulfonamides is 1. The second-order valence-electron chi connectivity index (χ2n) is 7.79. The van der Waals surface area contributed by atoms with Gasteiger partial charge in [0, 0.05) is 16.7 Å². The second kappa shape index (κ2) is 9.57. The Morgan fingerprint density at radius 2 is 1.71 bits per heavy atom. The molecule has 6 N–H and O–H groups in total. The fraction of sp³-hybridized carbons (Fsp3) is 0.125. The average Bonchev–Trinajstić information content (AvgIpc) is 2.86. The number of ether oxygens (including phenoxy) is 1. The number of anilines is 1. The van der Waals surface area contributed by atoms with E-state index < -0.39 is 15.9 Å². The fourth-order valence-corrected chi connectivity index (χ4v) is 4.52. The first-order valence-corrected chi connectivity index (χ1v) is 12.1. The van der Waals surface area contributed by atoms with Gasteiger partial charge in [0.1, 0.15) is 18.2 Å². The fourth-order valence-electron chi connectivity index (χ4n) is 3.75. The van der Waals surface area contributed by atoms with Crippen molar-refractivity contribution in [2.24, 2.45) is 10.9 Å². The number of nitrogens with two attached hydrogens (primary N) is 2. The number of carbonyl (C=O) groups is 2. The highest BCUT2D eigenvalue weighted by Crippen LogP contribution is 2.37. The average molecular weight is 494 g/mol. The van der Waals surface area contributed by atoms with Gasteiger partial charge >= 0.3 is 0 Å². The predicted molar refractivity (Wildman–Crippen MR) is 131 cm³/mol. The van der Waals surface area contributed by atoms with Crippen LogP contribution in [0, 0.1) is 5.41 Å². The van der Waals surface area contributed by atoms with Crippen LogP contribution in [0.3, 0.4) is 0 Å². The van der Waals surface area contributed by atoms with Gasteiger partial charge < -0.3 is 20.7 Å². The molecule has 0 fully saturated rings. The van der Waals surface area contributed by atoms with E-state index in [0.29, 0.717) is 40.2 Å². The van der Waals surface area contributed by atoms with Gasteiger partial charge in [-0.3, -0.25) is 15.0 Å². The number of nitrogen functional groups attached to an aromatic ring is 1. The van der Waals surface area contributed by atoms with Gasteiger partial charge in [0.2, 0.25) is 15.9 Å². The maximum Gasteiger partial charge on any atom is 0.251 e. The summed E-state index contributed by atoms with van der Waals surface area (Å²) in [5, 5.41) is 15.4. The van der Waals surface area contributed by atoms with Crippen molar-refractivity contribution in [1.29, 1.82) is 5.41 Å². The molecule has 0 atom stereocenters. The maximum absolute atomic E-state index is 12.9. The number of benzene rings is 3. The van der Waals surface area contributed by atoms with Crippen molar-refractivity contribution < 1.29 is 22.7 Å². The van der Waals surface area contributed by atoms with Crippen molar-refractivity contribution in [3.63, 3.8) is 0 Å². The van der Waals surface area contributed by atoms with Crippen molar-refractivity contribution >= 4 is 33.4 Å². The molecule has 0 saturated heterocycles. The minimum atomic E-state index is -3.93. The van der Waals surface area contributed by atoms with Gasteiger partial charge in [-0.05, 0) is 35.9 Å². The Balaban J connectivity index is 1.50. The number of sulfonamides is 1. The van der Waals surface area contributed by atoms with Gasteiger partial charge in [0.05, 0.1) is 23.7 Å². The predicted octanol–water partition coefficient (Wildman–Crippen LogP) is 1.44. The summed E-state index contributed by atoms with van der Waals surface area (Å²) in [5.41, 5.74) is 7.76. The number of rotatable bonds is 6. The Bertz CT molecular complexity index is 1420. The second-order valence-corrected chi connectivity index (χ2v) is 9.32. The van der Waals surface area contributed by atoms with E-state index in [-0.39, 0.29) is 29.8 Å². The van der Waals surface area contributed by atoms with Crippen LogP contribution in [-0.2, 0) is 14.8 Å². The van der Waals surface area contributed by atoms with Crippen LogP contribution in [0.5, 0.6) is 5.75 Å². The third-order valence-corrected chi connectivity index (χ3v) is 6.46. The molecule has 1 aliphatic rings. The molecule has 0 aromatic heterocycles. The van der Waals surface area contributed by atoms with E-state index in [1.165, 1.54) is 23.1 Å². The van der Waals surface area contributed by atoms with Crippen LogP contribution in [0.25, 0.3) is 11.1 Å². The third-order valence-electron chi connectivity index (χ3n) is 5.49. The van der Waals surface area contributed by atoms with E-state index in [9.17, 15) is 18.0 Å². The van der Waals surface area contributed by atoms with Gasteiger partial charge in [-0.2, -0.15) is 0 Å². The topological polar surface area (TPSA) is 169 Å². The SMILES string of the molecule is N=C(N)c1ccc(C(=O)NCC(=O)N2CCOc3cc(-c4ccccc4S(N)(=O)=O)ccc32)cc1. The van der Waals surface area contributed by atoms with E-state index in [1.54, 1.807) is 48.5 Å². The summed E-state index contributed by atoms with van der Waals surface area (Å²) in [4.78, 5) is 26.8. The Morgan fingerprint density at radius 3 is 2.40 bits per heavy atom. The summed E-state index contributed by atoms with van der Waals surface area (Å²) in [6.07, 6.45) is 0. The van der Waals surface area contributed by atoms with Gasteiger partial charge in [0.25, 0.3) is 5.91 Å². The number of nitrogens with zero attached hydrogens (tertiary/aromatic N) is 1. The van der Waals surface area contributed by atoms with Crippen LogP contribution in [0.15, 0.2) is 71.6 Å². The first-order valence-electron chi connectivity index (χ1n) is 10.6. The molecular formula is C24H23N5O5S. The molecule has 1 aliphatic heterocycles. The minimum Gasteiger partial charge on any atom is -0.490 e. The molecule has 35 heavy (non-hydrogen) atoms. The molecule has 0 saturated carbocycles. The molecule has 4 rings (SSSR count). The van der Waals surface area contributed by atoms with Crippen LogP contribution in [-0.4, -0.2) is 45.8 Å². The van der Waals surface area contributed by atoms with E-state index >= 15 is 0 Å². The molecule has 1 heterocycles. The first kappa shape index (κ1) is 23.9. The summed E-state index contributed by atoms with van der Waals surface area (Å²) in [5.74, 6) is -0.454. The number of fused-ring (bicyclic) bond motifs is 1. The molecule has 10 nitrogen and oxygen atoms in total. The smallest absolute Gasteiger partial charge is 0.251 e. The van der Waals surface area contributed by atoms with Crippen molar-refractivity contribution in [1.82, 2.24) is 5.32 Å². The number of amides is 2. The summed E-state index contributed by atoms with van der Waals surface area (Å²) in [6.45, 7) is 0.296. The lowest BCUT2D eigenvalue weighted by atomic mass is 10.0. The third kappa shape index (κ3) is 5.15. The Kier molecular flexibility index (Phi) is 6.54. The molecule has 0 unspecified atom stereocenters. The summed E-state index contributed by atoms with van der Waals surface area (Å²) >= 11 is 0. The lowest BCUT2D eigenvalue weighted by molar-refractivity contribution is -0.117. The maximum atomic E-state index is 12.9. The van der Waals surface area contributed by atoms with Gasteiger partial charge in [-0.25, -0.2) is 13.6 Å². The summed E-state index contributed by atoms with van der Waals surface area (Å²) in [7, 11) is -3.93. The highest BCUT2D eigenvalue weighted by atomic mass is 32.2. The van der Waals surface area contributed by atoms with Crippen LogP contribution < -0.4 is 25.8 Å². The monoisotopic (exact) mass is 493 g/mol. The zero-order valence-electron chi connectivity index (χ0n) is 18.5. The number of nitrogens with one attached hydrogen (secondary N) is 2. The zero-order valence-corrected chi connectivity index (χ0v) is 19.3. The molecule has 11 heteroatoms. The van der Waals surface area contributed by atoms with E-state index in [4.69, 9.17) is 21.0 Å². The molecule has 3 aromatic carbocycles. The standard InChI is InChI=1S/C24H23N5O5S/c25-23(26)15-5-7-16(8-6-15)24(31)28-14-22(30)29-11-12-34-20-13-17(9-10-19(20)29)18-3-1-2-4-21(18)35(27,32)33/h1-10,13H,11-12,14H2,(H3,25,26)(H,28,31)(H2,27,32,33). The van der Waals surface area contributed by atoms with Gasteiger partial charge in [-0.1, -0.05) is 36.4 Å². The van der Waals surface area contributed by atoms with Gasteiger partial charge in [-0.15, -0.1) is 0 Å². The molecular weight excluding hydrogens is 470 g/mol. The molecule has 180 valence electrons. The first-order chi connectivity index (χ1) is 16.6. The van der Waals surface area contributed by atoms with Crippen LogP contribution in [0.4, 0.5) is 5.69 Å². The highest BCUT2D eigenvalue weighted by molar-refractivity contribution is 7.89. The van der Waals surface area contributed by atoms with E-state index in [0.717, 1.165) is 0 Å². The minimum absolute atomic E-state index is 0.0114. The zero-order chi connectivity index (χ0) is 25.2. The van der Waals surface area contributed by atoms with Crippen molar-refractivity contribution in [3.8, 4) is 16.9 Å². The number of hydrogen-bond donors (Lipinski definition) is 4. The Hall–Kier alpha value is -4.22. The molecule has 0 bridgehead atoms. The Labute approximate surface area is 202 Å². The van der Waals surface area contributed by atoms with E-state index in [1.807, 2.05) is 0 Å². The quantitative estimate of drug-likeness (QED) is 0.299. The summed E-state index contributed by atoms with van der Waals surface area (Å²) < 4.78 is 29.7. The number of hydrogen-bond acceptors (Lipinski definition) is 6. The van der Waals surface area contributed by atoms with Crippen molar-refractivity contribution in [3.05, 3.63) is 77.9 Å². The number of amidine groups is 1.